The first-order chi connectivity index (χ1) is 22.9. The molecule has 2 saturated carbocycles. The van der Waals surface area contributed by atoms with Gasteiger partial charge >= 0.3 is 11.9 Å². The predicted octanol–water partition coefficient (Wildman–Crippen LogP) is 1.54. The summed E-state index contributed by atoms with van der Waals surface area (Å²) in [6.45, 7) is 2.54. The van der Waals surface area contributed by atoms with Gasteiger partial charge in [0.25, 0.3) is 5.91 Å². The van der Waals surface area contributed by atoms with Crippen LogP contribution in [-0.2, 0) is 26.2 Å². The van der Waals surface area contributed by atoms with Gasteiger partial charge in [0, 0.05) is 36.1 Å². The van der Waals surface area contributed by atoms with Crippen molar-refractivity contribution in [1.82, 2.24) is 9.80 Å². The van der Waals surface area contributed by atoms with Gasteiger partial charge in [0.2, 0.25) is 0 Å². The zero-order chi connectivity index (χ0) is 34.1. The first-order valence-corrected chi connectivity index (χ1v) is 16.8. The highest BCUT2D eigenvalue weighted by molar-refractivity contribution is 6.30. The molecule has 4 fully saturated rings. The van der Waals surface area contributed by atoms with Crippen LogP contribution in [0.4, 0.5) is 0 Å². The van der Waals surface area contributed by atoms with Crippen molar-refractivity contribution in [2.45, 2.75) is 92.5 Å². The fourth-order valence-electron chi connectivity index (χ4n) is 8.84. The standard InChI is InChI=1S/C30H33ClN2O5.C4H6O6/c31-19-4-6-20(7-5-19)37-23-10-13-33(28(23)35)21-9-11-30(36)24-15-18-3-8-22(34)26-25(18)29(30,27(21)38-26)12-14-32(24)16-17-1-2-17;5-1(3(7)8)2(6)4(9)10/h3-8,17,21,23-24,27,34,36H,1-2,9-16H2;1-2,5-6H,(H,7,8)(H,9,10)/t21-,23?,24-,27+,29+,30-;/m1./s1. The molecule has 6 N–H and O–H groups in total. The molecule has 2 aromatic carbocycles. The molecule has 1 amide bonds. The molecule has 3 aliphatic carbocycles. The van der Waals surface area contributed by atoms with Crippen LogP contribution in [0.15, 0.2) is 36.4 Å². The summed E-state index contributed by atoms with van der Waals surface area (Å²) in [6.07, 6.45) is 0.507. The molecule has 3 unspecified atom stereocenters. The molecule has 2 saturated heterocycles. The van der Waals surface area contributed by atoms with Crippen LogP contribution in [-0.4, -0.2) is 120 Å². The number of aliphatic hydroxyl groups is 3. The first-order valence-electron chi connectivity index (χ1n) is 16.4. The van der Waals surface area contributed by atoms with Crippen LogP contribution in [0, 0.1) is 5.92 Å². The number of aromatic hydroxyl groups is 1. The number of likely N-dealkylation sites (tertiary alicyclic amines) is 2. The third-order valence-electron chi connectivity index (χ3n) is 11.2. The number of carboxylic acids is 2. The molecule has 13 nitrogen and oxygen atoms in total. The Morgan fingerprint density at radius 1 is 0.979 bits per heavy atom. The Morgan fingerprint density at radius 3 is 2.31 bits per heavy atom. The number of aliphatic carboxylic acids is 2. The predicted molar refractivity (Wildman–Crippen MR) is 168 cm³/mol. The van der Waals surface area contributed by atoms with Crippen molar-refractivity contribution in [3.63, 3.8) is 0 Å². The molecule has 258 valence electrons. The van der Waals surface area contributed by atoms with Crippen molar-refractivity contribution in [2.24, 2.45) is 5.92 Å². The molecule has 0 aromatic heterocycles. The van der Waals surface area contributed by atoms with Crippen molar-refractivity contribution in [3.8, 4) is 17.2 Å². The molecular formula is C34H39ClN2O11. The molecule has 2 bridgehead atoms. The van der Waals surface area contributed by atoms with Gasteiger partial charge in [-0.15, -0.1) is 0 Å². The van der Waals surface area contributed by atoms with E-state index in [1.54, 1.807) is 30.3 Å². The normalized spacial score (nSPS) is 32.8. The van der Waals surface area contributed by atoms with E-state index < -0.39 is 47.4 Å². The minimum atomic E-state index is -2.27. The molecule has 14 heteroatoms. The van der Waals surface area contributed by atoms with Gasteiger partial charge < -0.3 is 45.0 Å². The number of carbonyl (C=O) groups excluding carboxylic acids is 1. The van der Waals surface area contributed by atoms with Crippen LogP contribution in [0.25, 0.3) is 0 Å². The number of ether oxygens (including phenoxy) is 2. The average molecular weight is 687 g/mol. The zero-order valence-corrected chi connectivity index (χ0v) is 26.8. The van der Waals surface area contributed by atoms with Crippen LogP contribution < -0.4 is 9.47 Å². The highest BCUT2D eigenvalue weighted by atomic mass is 35.5. The molecule has 8 atom stereocenters. The lowest BCUT2D eigenvalue weighted by molar-refractivity contribution is -0.201. The maximum Gasteiger partial charge on any atom is 0.335 e. The van der Waals surface area contributed by atoms with Gasteiger partial charge in [0.15, 0.2) is 29.8 Å². The van der Waals surface area contributed by atoms with Crippen molar-refractivity contribution < 1.29 is 54.5 Å². The average Bonchev–Trinajstić information content (AvgIpc) is 3.70. The minimum absolute atomic E-state index is 0.0298. The molecule has 3 heterocycles. The molecule has 48 heavy (non-hydrogen) atoms. The lowest BCUT2D eigenvalue weighted by Gasteiger charge is -2.64. The number of halogens is 1. The van der Waals surface area contributed by atoms with E-state index in [9.17, 15) is 24.6 Å². The second-order valence-corrected chi connectivity index (χ2v) is 14.3. The van der Waals surface area contributed by atoms with Crippen LogP contribution in [0.3, 0.4) is 0 Å². The summed E-state index contributed by atoms with van der Waals surface area (Å²) >= 11 is 6.01. The Hall–Kier alpha value is -3.62. The van der Waals surface area contributed by atoms with E-state index >= 15 is 0 Å². The summed E-state index contributed by atoms with van der Waals surface area (Å²) < 4.78 is 12.7. The number of phenolic OH excluding ortho intramolecular Hbond substituents is 1. The van der Waals surface area contributed by atoms with Gasteiger partial charge in [0.1, 0.15) is 11.9 Å². The van der Waals surface area contributed by atoms with Gasteiger partial charge in [-0.3, -0.25) is 9.69 Å². The Kier molecular flexibility index (Phi) is 8.27. The molecule has 1 spiro atoms. The maximum atomic E-state index is 13.7. The third kappa shape index (κ3) is 5.18. The molecule has 3 aliphatic heterocycles. The van der Waals surface area contributed by atoms with Crippen molar-refractivity contribution in [2.75, 3.05) is 19.6 Å². The number of phenols is 1. The van der Waals surface area contributed by atoms with E-state index in [-0.39, 0.29) is 23.7 Å². The zero-order valence-electron chi connectivity index (χ0n) is 26.1. The first kappa shape index (κ1) is 32.9. The monoisotopic (exact) mass is 686 g/mol. The Balaban J connectivity index is 0.000000320. The topological polar surface area (TPSA) is 198 Å². The molecule has 8 rings (SSSR count). The molecule has 6 aliphatic rings. The van der Waals surface area contributed by atoms with Crippen molar-refractivity contribution >= 4 is 29.4 Å². The lowest BCUT2D eigenvalue weighted by atomic mass is 9.48. The van der Waals surface area contributed by atoms with Crippen molar-refractivity contribution in [1.29, 1.82) is 0 Å². The number of amides is 1. The van der Waals surface area contributed by atoms with Crippen LogP contribution in [0.1, 0.15) is 49.7 Å². The SMILES string of the molecule is O=C(O)C(O)C(O)C(=O)O.O=C1C(Oc2ccc(Cl)cc2)CCN1[C@@H]1CC[C@@]2(O)[C@H]3Cc4ccc(O)c5c4[C@@]2(CCN3CC2CC2)[C@H]1O5. The van der Waals surface area contributed by atoms with E-state index in [0.29, 0.717) is 42.3 Å². The van der Waals surface area contributed by atoms with Gasteiger partial charge in [-0.25, -0.2) is 9.59 Å². The maximum absolute atomic E-state index is 13.7. The van der Waals surface area contributed by atoms with Gasteiger partial charge in [-0.05, 0) is 86.9 Å². The van der Waals surface area contributed by atoms with E-state index in [2.05, 4.69) is 4.90 Å². The number of aliphatic hydroxyl groups excluding tert-OH is 2. The van der Waals surface area contributed by atoms with Gasteiger partial charge in [-0.1, -0.05) is 17.7 Å². The largest absolute Gasteiger partial charge is 0.504 e. The number of piperidine rings is 1. The lowest BCUT2D eigenvalue weighted by Crippen LogP contribution is -2.78. The Morgan fingerprint density at radius 2 is 1.67 bits per heavy atom. The number of hydrogen-bond acceptors (Lipinski definition) is 10. The summed E-state index contributed by atoms with van der Waals surface area (Å²) in [5.74, 6) is -1.55. The molecule has 2 aromatic rings. The number of nitrogens with zero attached hydrogens (tertiary/aromatic N) is 2. The fraction of sp³-hybridized carbons (Fsp3) is 0.559. The highest BCUT2D eigenvalue weighted by Crippen LogP contribution is 2.66. The van der Waals surface area contributed by atoms with E-state index in [4.69, 9.17) is 41.5 Å². The van der Waals surface area contributed by atoms with E-state index in [1.807, 2.05) is 11.0 Å². The van der Waals surface area contributed by atoms with Crippen molar-refractivity contribution in [3.05, 3.63) is 52.5 Å². The van der Waals surface area contributed by atoms with Crippen LogP contribution >= 0.6 is 11.6 Å². The van der Waals surface area contributed by atoms with Gasteiger partial charge in [0.05, 0.1) is 17.1 Å². The smallest absolute Gasteiger partial charge is 0.335 e. The summed E-state index contributed by atoms with van der Waals surface area (Å²) in [7, 11) is 0. The minimum Gasteiger partial charge on any atom is -0.504 e. The number of benzene rings is 2. The van der Waals surface area contributed by atoms with Crippen LogP contribution in [0.2, 0.25) is 5.02 Å². The number of hydrogen-bond donors (Lipinski definition) is 6. The fourth-order valence-corrected chi connectivity index (χ4v) is 8.96. The number of carbonyl (C=O) groups is 3. The molecule has 0 radical (unpaired) electrons. The Bertz CT molecular complexity index is 1600. The number of rotatable bonds is 8. The summed E-state index contributed by atoms with van der Waals surface area (Å²) in [5.41, 5.74) is 0.595. The summed E-state index contributed by atoms with van der Waals surface area (Å²) in [4.78, 5) is 37.7. The van der Waals surface area contributed by atoms with E-state index in [1.165, 1.54) is 18.4 Å². The summed E-state index contributed by atoms with van der Waals surface area (Å²) in [5, 5.41) is 56.7. The second kappa shape index (κ2) is 12.1. The number of carboxylic acid groups (broad SMARTS) is 2. The quantitative estimate of drug-likeness (QED) is 0.235. The second-order valence-electron chi connectivity index (χ2n) is 13.8. The Labute approximate surface area is 281 Å². The van der Waals surface area contributed by atoms with Crippen LogP contribution in [0.5, 0.6) is 17.2 Å². The third-order valence-corrected chi connectivity index (χ3v) is 11.5. The van der Waals surface area contributed by atoms with E-state index in [0.717, 1.165) is 37.4 Å². The summed E-state index contributed by atoms with van der Waals surface area (Å²) in [6, 6.07) is 10.7. The van der Waals surface area contributed by atoms with Gasteiger partial charge in [-0.2, -0.15) is 0 Å². The highest BCUT2D eigenvalue weighted by Gasteiger charge is 2.74. The molecular weight excluding hydrogens is 648 g/mol.